The molecule has 4 nitrogen and oxygen atoms in total. The molecule has 0 aliphatic heterocycles. The van der Waals surface area contributed by atoms with Gasteiger partial charge in [-0.3, -0.25) is 0 Å². The summed E-state index contributed by atoms with van der Waals surface area (Å²) in [5.41, 5.74) is 12.2. The van der Waals surface area contributed by atoms with Crippen LogP contribution in [0, 0.1) is 0 Å². The molecule has 2 rings (SSSR count). The summed E-state index contributed by atoms with van der Waals surface area (Å²) in [7, 11) is 0. The Hall–Kier alpha value is -2.04. The van der Waals surface area contributed by atoms with Gasteiger partial charge in [-0.2, -0.15) is 0 Å². The van der Waals surface area contributed by atoms with Crippen LogP contribution < -0.4 is 21.5 Å². The lowest BCUT2D eigenvalue weighted by Gasteiger charge is -2.12. The molecule has 0 aromatic heterocycles. The van der Waals surface area contributed by atoms with Gasteiger partial charge < -0.3 is 21.5 Å². The normalized spacial score (nSPS) is 11.9. The van der Waals surface area contributed by atoms with Crippen molar-refractivity contribution in [2.45, 2.75) is 6.04 Å². The molecule has 0 spiro atoms. The molecule has 0 heterocycles. The van der Waals surface area contributed by atoms with Gasteiger partial charge >= 0.3 is 0 Å². The van der Waals surface area contributed by atoms with Gasteiger partial charge in [-0.05, 0) is 36.4 Å². The molecular weight excluding hydrogens is 238 g/mol. The van der Waals surface area contributed by atoms with Gasteiger partial charge in [0.05, 0.1) is 0 Å². The third-order valence-corrected chi connectivity index (χ3v) is 2.70. The Bertz CT molecular complexity index is 485. The van der Waals surface area contributed by atoms with Crippen molar-refractivity contribution >= 4 is 5.69 Å². The van der Waals surface area contributed by atoms with E-state index in [0.717, 1.165) is 17.2 Å². The highest BCUT2D eigenvalue weighted by atomic mass is 16.5. The fraction of sp³-hybridized carbons (Fsp3) is 0.200. The van der Waals surface area contributed by atoms with Gasteiger partial charge in [0.25, 0.3) is 0 Å². The Kier molecular flexibility index (Phi) is 4.78. The smallest absolute Gasteiger partial charge is 0.127 e. The summed E-state index contributed by atoms with van der Waals surface area (Å²) in [5.74, 6) is 1.63. The van der Waals surface area contributed by atoms with Crippen LogP contribution in [-0.2, 0) is 0 Å². The maximum absolute atomic E-state index is 5.74. The highest BCUT2D eigenvalue weighted by molar-refractivity contribution is 5.47. The minimum atomic E-state index is -0.0276. The summed E-state index contributed by atoms with van der Waals surface area (Å²) in [6.07, 6.45) is 0. The monoisotopic (exact) mass is 257 g/mol. The second kappa shape index (κ2) is 6.78. The first-order chi connectivity index (χ1) is 9.28. The molecule has 0 saturated carbocycles. The molecular formula is C15H19N3O. The molecule has 0 fully saturated rings. The first kappa shape index (κ1) is 13.4. The molecule has 4 heteroatoms. The van der Waals surface area contributed by atoms with Gasteiger partial charge in [0.1, 0.15) is 11.5 Å². The lowest BCUT2D eigenvalue weighted by atomic mass is 10.2. The van der Waals surface area contributed by atoms with E-state index in [-0.39, 0.29) is 6.04 Å². The van der Waals surface area contributed by atoms with Crippen molar-refractivity contribution < 1.29 is 4.74 Å². The number of hydrogen-bond donors (Lipinski definition) is 3. The van der Waals surface area contributed by atoms with Gasteiger partial charge in [0.2, 0.25) is 0 Å². The van der Waals surface area contributed by atoms with Crippen LogP contribution in [0.1, 0.15) is 0 Å². The van der Waals surface area contributed by atoms with E-state index in [2.05, 4.69) is 5.32 Å². The Morgan fingerprint density at radius 3 is 2.21 bits per heavy atom. The maximum Gasteiger partial charge on any atom is 0.127 e. The summed E-state index contributed by atoms with van der Waals surface area (Å²) < 4.78 is 5.71. The van der Waals surface area contributed by atoms with Crippen LogP contribution in [0.15, 0.2) is 54.6 Å². The zero-order valence-electron chi connectivity index (χ0n) is 10.8. The summed E-state index contributed by atoms with van der Waals surface area (Å²) in [6.45, 7) is 1.14. The number of ether oxygens (including phenoxy) is 1. The van der Waals surface area contributed by atoms with Gasteiger partial charge in [-0.15, -0.1) is 0 Å². The fourth-order valence-electron chi connectivity index (χ4n) is 1.60. The summed E-state index contributed by atoms with van der Waals surface area (Å²) >= 11 is 0. The quantitative estimate of drug-likeness (QED) is 0.741. The third-order valence-electron chi connectivity index (χ3n) is 2.70. The van der Waals surface area contributed by atoms with Crippen LogP contribution in [0.25, 0.3) is 0 Å². The second-order valence-electron chi connectivity index (χ2n) is 4.32. The number of hydrogen-bond acceptors (Lipinski definition) is 4. The zero-order valence-corrected chi connectivity index (χ0v) is 10.8. The summed E-state index contributed by atoms with van der Waals surface area (Å²) in [6, 6.07) is 17.4. The van der Waals surface area contributed by atoms with Gasteiger partial charge in [-0.1, -0.05) is 18.2 Å². The van der Waals surface area contributed by atoms with Crippen LogP contribution in [0.4, 0.5) is 5.69 Å². The van der Waals surface area contributed by atoms with Gasteiger partial charge in [-0.25, -0.2) is 0 Å². The molecule has 2 aromatic carbocycles. The standard InChI is InChI=1S/C15H19N3O/c16-10-12(17)11-18-13-6-8-15(9-7-13)19-14-4-2-1-3-5-14/h1-9,12,18H,10-11,16-17H2. The van der Waals surface area contributed by atoms with E-state index in [0.29, 0.717) is 13.1 Å². The van der Waals surface area contributed by atoms with E-state index >= 15 is 0 Å². The van der Waals surface area contributed by atoms with E-state index in [1.54, 1.807) is 0 Å². The topological polar surface area (TPSA) is 73.3 Å². The predicted molar refractivity (Wildman–Crippen MR) is 78.5 cm³/mol. The minimum absolute atomic E-state index is 0.0276. The van der Waals surface area contributed by atoms with Crippen molar-refractivity contribution in [3.8, 4) is 11.5 Å². The van der Waals surface area contributed by atoms with Gasteiger partial charge in [0, 0.05) is 24.8 Å². The van der Waals surface area contributed by atoms with E-state index < -0.39 is 0 Å². The molecule has 0 saturated heterocycles. The van der Waals surface area contributed by atoms with Crippen molar-refractivity contribution in [2.24, 2.45) is 11.5 Å². The lowest BCUT2D eigenvalue weighted by molar-refractivity contribution is 0.483. The van der Waals surface area contributed by atoms with Gasteiger partial charge in [0.15, 0.2) is 0 Å². The first-order valence-electron chi connectivity index (χ1n) is 6.30. The van der Waals surface area contributed by atoms with Crippen LogP contribution in [0.3, 0.4) is 0 Å². The molecule has 0 aliphatic carbocycles. The van der Waals surface area contributed by atoms with Crippen molar-refractivity contribution in [1.82, 2.24) is 0 Å². The number of nitrogens with two attached hydrogens (primary N) is 2. The zero-order chi connectivity index (χ0) is 13.5. The lowest BCUT2D eigenvalue weighted by Crippen LogP contribution is -2.36. The average molecular weight is 257 g/mol. The van der Waals surface area contributed by atoms with E-state index in [1.807, 2.05) is 54.6 Å². The molecule has 0 radical (unpaired) electrons. The summed E-state index contributed by atoms with van der Waals surface area (Å²) in [4.78, 5) is 0. The number of nitrogens with one attached hydrogen (secondary N) is 1. The Morgan fingerprint density at radius 1 is 0.947 bits per heavy atom. The molecule has 100 valence electrons. The molecule has 2 aromatic rings. The van der Waals surface area contributed by atoms with E-state index in [1.165, 1.54) is 0 Å². The molecule has 1 atom stereocenters. The summed E-state index contributed by atoms with van der Waals surface area (Å²) in [5, 5.41) is 3.23. The van der Waals surface area contributed by atoms with Crippen LogP contribution in [0.5, 0.6) is 11.5 Å². The Balaban J connectivity index is 1.91. The molecule has 1 unspecified atom stereocenters. The van der Waals surface area contributed by atoms with Crippen molar-refractivity contribution in [3.05, 3.63) is 54.6 Å². The number of benzene rings is 2. The maximum atomic E-state index is 5.74. The van der Waals surface area contributed by atoms with Crippen LogP contribution in [-0.4, -0.2) is 19.1 Å². The molecule has 0 amide bonds. The molecule has 5 N–H and O–H groups in total. The van der Waals surface area contributed by atoms with Crippen molar-refractivity contribution in [3.63, 3.8) is 0 Å². The first-order valence-corrected chi connectivity index (χ1v) is 6.30. The fourth-order valence-corrected chi connectivity index (χ4v) is 1.60. The van der Waals surface area contributed by atoms with E-state index in [9.17, 15) is 0 Å². The van der Waals surface area contributed by atoms with E-state index in [4.69, 9.17) is 16.2 Å². The van der Waals surface area contributed by atoms with Crippen molar-refractivity contribution in [2.75, 3.05) is 18.4 Å². The van der Waals surface area contributed by atoms with Crippen LogP contribution >= 0.6 is 0 Å². The largest absolute Gasteiger partial charge is 0.457 e. The Labute approximate surface area is 113 Å². The number of rotatable bonds is 6. The molecule has 0 bridgehead atoms. The molecule has 0 aliphatic rings. The molecule has 19 heavy (non-hydrogen) atoms. The van der Waals surface area contributed by atoms with Crippen molar-refractivity contribution in [1.29, 1.82) is 0 Å². The second-order valence-corrected chi connectivity index (χ2v) is 4.32. The highest BCUT2D eigenvalue weighted by Gasteiger charge is 2.00. The van der Waals surface area contributed by atoms with Crippen LogP contribution in [0.2, 0.25) is 0 Å². The highest BCUT2D eigenvalue weighted by Crippen LogP contribution is 2.22. The SMILES string of the molecule is NCC(N)CNc1ccc(Oc2ccccc2)cc1. The Morgan fingerprint density at radius 2 is 1.58 bits per heavy atom. The minimum Gasteiger partial charge on any atom is -0.457 e. The number of anilines is 1. The number of para-hydroxylation sites is 1. The average Bonchev–Trinajstić information content (AvgIpc) is 2.47. The predicted octanol–water partition coefficient (Wildman–Crippen LogP) is 2.18. The third kappa shape index (κ3) is 4.28.